The number of rotatable bonds is 3. The van der Waals surface area contributed by atoms with Crippen molar-refractivity contribution in [3.8, 4) is 5.75 Å². The highest BCUT2D eigenvalue weighted by Gasteiger charge is 2.66. The first-order valence-corrected chi connectivity index (χ1v) is 7.34. The third-order valence-corrected chi connectivity index (χ3v) is 3.82. The molecular weight excluding hydrogens is 349 g/mol. The SMILES string of the molecule is CCOC(=O)[C@@H]1[C@@H](c2ccc(O)cc2)NC(=S)N[C@]1(O)C(F)(F)F. The van der Waals surface area contributed by atoms with Crippen LogP contribution in [0.25, 0.3) is 0 Å². The molecule has 1 aliphatic rings. The normalized spacial score (nSPS) is 27.1. The summed E-state index contributed by atoms with van der Waals surface area (Å²) < 4.78 is 45.1. The van der Waals surface area contributed by atoms with E-state index in [1.165, 1.54) is 31.2 Å². The predicted molar refractivity (Wildman–Crippen MR) is 80.8 cm³/mol. The minimum Gasteiger partial charge on any atom is -0.508 e. The number of ether oxygens (including phenoxy) is 1. The Morgan fingerprint density at radius 2 is 1.96 bits per heavy atom. The van der Waals surface area contributed by atoms with Crippen LogP contribution in [0.15, 0.2) is 24.3 Å². The van der Waals surface area contributed by atoms with Crippen molar-refractivity contribution in [1.29, 1.82) is 0 Å². The molecule has 4 N–H and O–H groups in total. The van der Waals surface area contributed by atoms with Gasteiger partial charge in [0.25, 0.3) is 5.72 Å². The molecule has 0 aliphatic carbocycles. The Kier molecular flexibility index (Phi) is 4.90. The maximum absolute atomic E-state index is 13.5. The third kappa shape index (κ3) is 3.24. The van der Waals surface area contributed by atoms with Crippen molar-refractivity contribution in [1.82, 2.24) is 10.6 Å². The molecule has 6 nitrogen and oxygen atoms in total. The largest absolute Gasteiger partial charge is 0.508 e. The molecule has 2 rings (SSSR count). The molecule has 1 aromatic rings. The van der Waals surface area contributed by atoms with Gasteiger partial charge < -0.3 is 25.6 Å². The summed E-state index contributed by atoms with van der Waals surface area (Å²) in [5.74, 6) is -3.39. The minimum absolute atomic E-state index is 0.103. The van der Waals surface area contributed by atoms with Crippen LogP contribution in [0.1, 0.15) is 18.5 Å². The number of hydrogen-bond donors (Lipinski definition) is 4. The summed E-state index contributed by atoms with van der Waals surface area (Å²) in [7, 11) is 0. The zero-order valence-electron chi connectivity index (χ0n) is 12.4. The van der Waals surface area contributed by atoms with Crippen LogP contribution in [-0.4, -0.2) is 39.8 Å². The van der Waals surface area contributed by atoms with E-state index >= 15 is 0 Å². The molecule has 0 amide bonds. The smallest absolute Gasteiger partial charge is 0.437 e. The number of alkyl halides is 3. The molecule has 1 heterocycles. The topological polar surface area (TPSA) is 90.8 Å². The average Bonchev–Trinajstić information content (AvgIpc) is 2.46. The van der Waals surface area contributed by atoms with Gasteiger partial charge in [-0.15, -0.1) is 0 Å². The molecule has 3 atom stereocenters. The number of nitrogens with one attached hydrogen (secondary N) is 2. The van der Waals surface area contributed by atoms with Gasteiger partial charge in [-0.3, -0.25) is 4.79 Å². The van der Waals surface area contributed by atoms with Crippen LogP contribution in [0.5, 0.6) is 5.75 Å². The van der Waals surface area contributed by atoms with E-state index in [1.54, 1.807) is 5.32 Å². The lowest BCUT2D eigenvalue weighted by molar-refractivity contribution is -0.292. The molecule has 1 aliphatic heterocycles. The van der Waals surface area contributed by atoms with Gasteiger partial charge in [0.15, 0.2) is 5.11 Å². The Balaban J connectivity index is 2.55. The van der Waals surface area contributed by atoms with Crippen molar-refractivity contribution in [3.05, 3.63) is 29.8 Å². The predicted octanol–water partition coefficient (Wildman–Crippen LogP) is 1.34. The standard InChI is InChI=1S/C14H15F3N2O4S/c1-2-23-11(21)9-10(7-3-5-8(20)6-4-7)18-12(24)19-13(9,22)14(15,16)17/h3-6,9-10,20,22H,2H2,1H3,(H2,18,19,24)/t9-,10+,13+/m0/s1. The quantitative estimate of drug-likeness (QED) is 0.475. The van der Waals surface area contributed by atoms with E-state index in [4.69, 9.17) is 17.0 Å². The first-order valence-electron chi connectivity index (χ1n) is 6.93. The summed E-state index contributed by atoms with van der Waals surface area (Å²) in [6.45, 7) is 1.28. The fourth-order valence-electron chi connectivity index (χ4n) is 2.50. The summed E-state index contributed by atoms with van der Waals surface area (Å²) in [6, 6.07) is 3.84. The molecule has 0 spiro atoms. The second kappa shape index (κ2) is 6.44. The van der Waals surface area contributed by atoms with E-state index in [1.807, 2.05) is 0 Å². The Labute approximate surface area is 140 Å². The summed E-state index contributed by atoms with van der Waals surface area (Å²) in [6.07, 6.45) is -5.19. The number of carbonyl (C=O) groups is 1. The van der Waals surface area contributed by atoms with Crippen molar-refractivity contribution in [3.63, 3.8) is 0 Å². The fourth-order valence-corrected chi connectivity index (χ4v) is 2.78. The second-order valence-corrected chi connectivity index (χ2v) is 5.57. The van der Waals surface area contributed by atoms with E-state index in [9.17, 15) is 28.2 Å². The van der Waals surface area contributed by atoms with Crippen LogP contribution in [0.4, 0.5) is 13.2 Å². The van der Waals surface area contributed by atoms with Crippen LogP contribution in [-0.2, 0) is 9.53 Å². The van der Waals surface area contributed by atoms with E-state index in [0.29, 0.717) is 0 Å². The van der Waals surface area contributed by atoms with Crippen molar-refractivity contribution < 1.29 is 32.9 Å². The monoisotopic (exact) mass is 364 g/mol. The number of esters is 1. The van der Waals surface area contributed by atoms with Crippen molar-refractivity contribution in [2.24, 2.45) is 5.92 Å². The number of thiocarbonyl (C=S) groups is 1. The molecule has 0 bridgehead atoms. The van der Waals surface area contributed by atoms with Crippen LogP contribution in [0, 0.1) is 5.92 Å². The van der Waals surface area contributed by atoms with E-state index in [-0.39, 0.29) is 17.9 Å². The Bertz CT molecular complexity index is 638. The van der Waals surface area contributed by atoms with E-state index in [2.05, 4.69) is 5.32 Å². The van der Waals surface area contributed by atoms with E-state index < -0.39 is 34.9 Å². The van der Waals surface area contributed by atoms with Crippen molar-refractivity contribution in [2.75, 3.05) is 6.61 Å². The number of halogens is 3. The zero-order valence-corrected chi connectivity index (χ0v) is 13.2. The summed E-state index contributed by atoms with van der Waals surface area (Å²) in [4.78, 5) is 12.2. The van der Waals surface area contributed by atoms with Gasteiger partial charge in [-0.25, -0.2) is 0 Å². The average molecular weight is 364 g/mol. The molecule has 132 valence electrons. The molecule has 1 saturated heterocycles. The number of aromatic hydroxyl groups is 1. The Morgan fingerprint density at radius 3 is 2.46 bits per heavy atom. The molecule has 0 unspecified atom stereocenters. The maximum atomic E-state index is 13.5. The highest BCUT2D eigenvalue weighted by molar-refractivity contribution is 7.80. The van der Waals surface area contributed by atoms with Crippen molar-refractivity contribution >= 4 is 23.3 Å². The van der Waals surface area contributed by atoms with Crippen molar-refractivity contribution in [2.45, 2.75) is 24.9 Å². The highest BCUT2D eigenvalue weighted by atomic mass is 32.1. The second-order valence-electron chi connectivity index (χ2n) is 5.16. The molecule has 24 heavy (non-hydrogen) atoms. The van der Waals surface area contributed by atoms with Gasteiger partial charge in [0, 0.05) is 0 Å². The van der Waals surface area contributed by atoms with Gasteiger partial charge in [-0.05, 0) is 36.8 Å². The van der Waals surface area contributed by atoms with Gasteiger partial charge in [0.1, 0.15) is 11.7 Å². The molecule has 1 aromatic carbocycles. The summed E-state index contributed by atoms with van der Waals surface area (Å²) in [5, 5.41) is 23.3. The lowest BCUT2D eigenvalue weighted by Crippen LogP contribution is -2.73. The summed E-state index contributed by atoms with van der Waals surface area (Å²) in [5.41, 5.74) is -3.37. The van der Waals surface area contributed by atoms with Crippen LogP contribution in [0.3, 0.4) is 0 Å². The lowest BCUT2D eigenvalue weighted by Gasteiger charge is -2.45. The van der Waals surface area contributed by atoms with Gasteiger partial charge in [-0.2, -0.15) is 13.2 Å². The molecule has 1 fully saturated rings. The molecular formula is C14H15F3N2O4S. The molecule has 10 heteroatoms. The molecule has 0 radical (unpaired) electrons. The van der Waals surface area contributed by atoms with E-state index in [0.717, 1.165) is 0 Å². The highest BCUT2D eigenvalue weighted by Crippen LogP contribution is 2.43. The minimum atomic E-state index is -5.19. The first kappa shape index (κ1) is 18.3. The van der Waals surface area contributed by atoms with Gasteiger partial charge in [-0.1, -0.05) is 12.1 Å². The first-order chi connectivity index (χ1) is 11.1. The number of hydrogen-bond acceptors (Lipinski definition) is 5. The molecule has 0 saturated carbocycles. The number of carbonyl (C=O) groups excluding carboxylic acids is 1. The number of phenolic OH excluding ortho intramolecular Hbond substituents is 1. The number of phenols is 1. The molecule has 0 aromatic heterocycles. The fraction of sp³-hybridized carbons (Fsp3) is 0.429. The van der Waals surface area contributed by atoms with Gasteiger partial charge >= 0.3 is 12.1 Å². The van der Waals surface area contributed by atoms with Crippen LogP contribution < -0.4 is 10.6 Å². The number of aliphatic hydroxyl groups is 1. The van der Waals surface area contributed by atoms with Gasteiger partial charge in [0.05, 0.1) is 12.6 Å². The van der Waals surface area contributed by atoms with Gasteiger partial charge in [0.2, 0.25) is 0 Å². The Morgan fingerprint density at radius 1 is 1.38 bits per heavy atom. The van der Waals surface area contributed by atoms with Crippen LogP contribution >= 0.6 is 12.2 Å². The maximum Gasteiger partial charge on any atom is 0.437 e. The van der Waals surface area contributed by atoms with Crippen LogP contribution in [0.2, 0.25) is 0 Å². The third-order valence-electron chi connectivity index (χ3n) is 3.60. The Hall–Kier alpha value is -2.07. The number of benzene rings is 1. The zero-order chi connectivity index (χ0) is 18.1. The lowest BCUT2D eigenvalue weighted by atomic mass is 9.82. The summed E-state index contributed by atoms with van der Waals surface area (Å²) >= 11 is 4.75.